The van der Waals surface area contributed by atoms with Gasteiger partial charge >= 0.3 is 5.69 Å². The normalized spacial score (nSPS) is 15.6. The molecule has 0 atom stereocenters. The molecular formula is C22H29N3O3. The van der Waals surface area contributed by atoms with E-state index in [1.807, 2.05) is 12.1 Å². The molecule has 0 bridgehead atoms. The van der Waals surface area contributed by atoms with Crippen molar-refractivity contribution in [2.45, 2.75) is 51.4 Å². The number of carbonyl (C=O) groups excluding carboxylic acids is 1. The Morgan fingerprint density at radius 3 is 2.54 bits per heavy atom. The first kappa shape index (κ1) is 20.1. The fourth-order valence-electron chi connectivity index (χ4n) is 4.08. The van der Waals surface area contributed by atoms with Crippen LogP contribution in [0, 0.1) is 5.92 Å². The van der Waals surface area contributed by atoms with Crippen LogP contribution in [0.5, 0.6) is 5.75 Å². The molecule has 0 spiro atoms. The first-order chi connectivity index (χ1) is 13.4. The van der Waals surface area contributed by atoms with Crippen molar-refractivity contribution in [3.63, 3.8) is 0 Å². The molecule has 1 amide bonds. The molecule has 1 aromatic carbocycles. The number of H-pyrrole nitrogens is 1. The van der Waals surface area contributed by atoms with Gasteiger partial charge in [0.2, 0.25) is 0 Å². The van der Waals surface area contributed by atoms with Crippen LogP contribution in [0.3, 0.4) is 0 Å². The van der Waals surface area contributed by atoms with Gasteiger partial charge in [-0.05, 0) is 48.9 Å². The summed E-state index contributed by atoms with van der Waals surface area (Å²) in [5.41, 5.74) is 1.58. The number of nitrogens with zero attached hydrogens (tertiary/aromatic N) is 1. The third-order valence-corrected chi connectivity index (χ3v) is 5.51. The van der Waals surface area contributed by atoms with E-state index in [1.165, 1.54) is 5.56 Å². The Labute approximate surface area is 165 Å². The molecule has 0 saturated heterocycles. The molecule has 1 heterocycles. The highest BCUT2D eigenvalue weighted by atomic mass is 16.5. The minimum absolute atomic E-state index is 0.0795. The summed E-state index contributed by atoms with van der Waals surface area (Å²) < 4.78 is 5.26. The molecular weight excluding hydrogens is 354 g/mol. The first-order valence-corrected chi connectivity index (χ1v) is 9.95. The summed E-state index contributed by atoms with van der Waals surface area (Å²) >= 11 is 0. The number of amides is 1. The predicted octanol–water partition coefficient (Wildman–Crippen LogP) is 3.22. The van der Waals surface area contributed by atoms with Crippen LogP contribution in [0.2, 0.25) is 0 Å². The van der Waals surface area contributed by atoms with Gasteiger partial charge in [0.1, 0.15) is 11.4 Å². The number of hydrogen-bond donors (Lipinski definition) is 2. The van der Waals surface area contributed by atoms with E-state index in [-0.39, 0.29) is 17.0 Å². The zero-order valence-corrected chi connectivity index (χ0v) is 16.9. The summed E-state index contributed by atoms with van der Waals surface area (Å²) in [5.74, 6) is 0.910. The molecule has 1 fully saturated rings. The monoisotopic (exact) mass is 383 g/mol. The minimum atomic E-state index is -0.478. The molecule has 2 N–H and O–H groups in total. The third-order valence-electron chi connectivity index (χ3n) is 5.51. The van der Waals surface area contributed by atoms with E-state index in [1.54, 1.807) is 13.2 Å². The number of rotatable bonds is 7. The maximum atomic E-state index is 12.7. The first-order valence-electron chi connectivity index (χ1n) is 9.95. The van der Waals surface area contributed by atoms with Crippen LogP contribution in [-0.4, -0.2) is 29.5 Å². The van der Waals surface area contributed by atoms with Crippen molar-refractivity contribution in [1.29, 1.82) is 0 Å². The summed E-state index contributed by atoms with van der Waals surface area (Å²) in [5, 5.41) is 3.03. The summed E-state index contributed by atoms with van der Waals surface area (Å²) in [6.45, 7) is 4.67. The van der Waals surface area contributed by atoms with Crippen molar-refractivity contribution in [2.75, 3.05) is 13.7 Å². The van der Waals surface area contributed by atoms with Gasteiger partial charge in [-0.3, -0.25) is 4.79 Å². The Kier molecular flexibility index (Phi) is 6.17. The van der Waals surface area contributed by atoms with E-state index in [0.717, 1.165) is 37.1 Å². The second kappa shape index (κ2) is 8.59. The minimum Gasteiger partial charge on any atom is -0.497 e. The number of aromatic nitrogens is 2. The number of methoxy groups -OCH3 is 1. The zero-order chi connectivity index (χ0) is 20.1. The molecule has 1 aliphatic carbocycles. The van der Waals surface area contributed by atoms with Gasteiger partial charge in [-0.2, -0.15) is 4.98 Å². The molecule has 6 heteroatoms. The van der Waals surface area contributed by atoms with Crippen molar-refractivity contribution in [2.24, 2.45) is 5.92 Å². The lowest BCUT2D eigenvalue weighted by Crippen LogP contribution is -2.39. The largest absolute Gasteiger partial charge is 0.497 e. The quantitative estimate of drug-likeness (QED) is 0.769. The van der Waals surface area contributed by atoms with Crippen LogP contribution >= 0.6 is 0 Å². The van der Waals surface area contributed by atoms with Gasteiger partial charge in [0, 0.05) is 17.7 Å². The predicted molar refractivity (Wildman–Crippen MR) is 109 cm³/mol. The SMILES string of the molecule is COc1ccc(C2(CNC(=O)c3cc(CC(C)C)[nH]c(=O)n3)CCCC2)cc1. The van der Waals surface area contributed by atoms with Crippen molar-refractivity contribution < 1.29 is 9.53 Å². The Morgan fingerprint density at radius 2 is 1.93 bits per heavy atom. The second-order valence-electron chi connectivity index (χ2n) is 8.09. The number of benzene rings is 1. The van der Waals surface area contributed by atoms with E-state index < -0.39 is 5.69 Å². The molecule has 3 rings (SSSR count). The fourth-order valence-corrected chi connectivity index (χ4v) is 4.08. The molecule has 2 aromatic rings. The Bertz CT molecular complexity index is 865. The van der Waals surface area contributed by atoms with Crippen LogP contribution in [-0.2, 0) is 11.8 Å². The Balaban J connectivity index is 1.76. The van der Waals surface area contributed by atoms with Crippen molar-refractivity contribution in [3.8, 4) is 5.75 Å². The maximum Gasteiger partial charge on any atom is 0.345 e. The second-order valence-corrected chi connectivity index (χ2v) is 8.09. The van der Waals surface area contributed by atoms with Crippen LogP contribution in [0.15, 0.2) is 35.1 Å². The lowest BCUT2D eigenvalue weighted by molar-refractivity contribution is 0.0937. The molecule has 28 heavy (non-hydrogen) atoms. The van der Waals surface area contributed by atoms with Gasteiger partial charge in [0.25, 0.3) is 5.91 Å². The molecule has 150 valence electrons. The average molecular weight is 383 g/mol. The Morgan fingerprint density at radius 1 is 1.25 bits per heavy atom. The van der Waals surface area contributed by atoms with Crippen LogP contribution in [0.1, 0.15) is 61.3 Å². The Hall–Kier alpha value is -2.63. The highest BCUT2D eigenvalue weighted by Crippen LogP contribution is 2.41. The standard InChI is InChI=1S/C22H29N3O3/c1-15(2)12-17-13-19(25-21(27)24-17)20(26)23-14-22(10-4-5-11-22)16-6-8-18(28-3)9-7-16/h6-9,13,15H,4-5,10-12,14H2,1-3H3,(H,23,26)(H,24,25,27). The summed E-state index contributed by atoms with van der Waals surface area (Å²) in [6.07, 6.45) is 5.04. The molecule has 1 aromatic heterocycles. The third kappa shape index (κ3) is 4.61. The lowest BCUT2D eigenvalue weighted by atomic mass is 9.78. The van der Waals surface area contributed by atoms with Crippen molar-refractivity contribution in [1.82, 2.24) is 15.3 Å². The van der Waals surface area contributed by atoms with E-state index >= 15 is 0 Å². The highest BCUT2D eigenvalue weighted by Gasteiger charge is 2.36. The van der Waals surface area contributed by atoms with Gasteiger partial charge in [0.05, 0.1) is 7.11 Å². The van der Waals surface area contributed by atoms with E-state index in [2.05, 4.69) is 41.3 Å². The number of aromatic amines is 1. The van der Waals surface area contributed by atoms with Gasteiger partial charge in [-0.25, -0.2) is 4.79 Å². The van der Waals surface area contributed by atoms with Crippen LogP contribution in [0.4, 0.5) is 0 Å². The molecule has 1 aliphatic rings. The lowest BCUT2D eigenvalue weighted by Gasteiger charge is -2.30. The summed E-state index contributed by atoms with van der Waals surface area (Å²) in [6, 6.07) is 9.79. The molecule has 0 radical (unpaired) electrons. The van der Waals surface area contributed by atoms with Gasteiger partial charge in [-0.1, -0.05) is 38.8 Å². The van der Waals surface area contributed by atoms with Gasteiger partial charge < -0.3 is 15.0 Å². The van der Waals surface area contributed by atoms with E-state index in [0.29, 0.717) is 18.9 Å². The maximum absolute atomic E-state index is 12.7. The number of hydrogen-bond acceptors (Lipinski definition) is 4. The molecule has 1 saturated carbocycles. The topological polar surface area (TPSA) is 84.1 Å². The van der Waals surface area contributed by atoms with E-state index in [4.69, 9.17) is 4.74 Å². The average Bonchev–Trinajstić information content (AvgIpc) is 3.15. The highest BCUT2D eigenvalue weighted by molar-refractivity contribution is 5.92. The summed E-state index contributed by atoms with van der Waals surface area (Å²) in [7, 11) is 1.66. The number of ether oxygens (including phenoxy) is 1. The van der Waals surface area contributed by atoms with Crippen molar-refractivity contribution >= 4 is 5.91 Å². The molecule has 0 aliphatic heterocycles. The zero-order valence-electron chi connectivity index (χ0n) is 16.9. The fraction of sp³-hybridized carbons (Fsp3) is 0.500. The number of nitrogens with one attached hydrogen (secondary N) is 2. The molecule has 0 unspecified atom stereocenters. The van der Waals surface area contributed by atoms with Gasteiger partial charge in [-0.15, -0.1) is 0 Å². The van der Waals surface area contributed by atoms with Crippen LogP contribution in [0.25, 0.3) is 0 Å². The van der Waals surface area contributed by atoms with Crippen molar-refractivity contribution in [3.05, 3.63) is 57.8 Å². The van der Waals surface area contributed by atoms with E-state index in [9.17, 15) is 9.59 Å². The number of carbonyl (C=O) groups is 1. The summed E-state index contributed by atoms with van der Waals surface area (Å²) in [4.78, 5) is 31.1. The van der Waals surface area contributed by atoms with Crippen LogP contribution < -0.4 is 15.7 Å². The van der Waals surface area contributed by atoms with Gasteiger partial charge in [0.15, 0.2) is 0 Å². The smallest absolute Gasteiger partial charge is 0.345 e. The molecule has 6 nitrogen and oxygen atoms in total.